The van der Waals surface area contributed by atoms with Crippen LogP contribution in [0.15, 0.2) is 208 Å². The minimum absolute atomic E-state index is 0.435. The number of nitrogens with zero attached hydrogens (tertiary/aromatic N) is 1. The summed E-state index contributed by atoms with van der Waals surface area (Å²) < 4.78 is 2.39. The zero-order chi connectivity index (χ0) is 34.2. The molecule has 1 nitrogen and oxygen atoms in total. The molecule has 9 aromatic rings. The van der Waals surface area contributed by atoms with Crippen LogP contribution < -0.4 is 0 Å². The number of rotatable bonds is 3. The third-order valence-corrected chi connectivity index (χ3v) is 13.2. The van der Waals surface area contributed by atoms with Gasteiger partial charge in [0.1, 0.15) is 0 Å². The second kappa shape index (κ2) is 11.6. The molecule has 0 atom stereocenters. The van der Waals surface area contributed by atoms with Crippen molar-refractivity contribution in [2.45, 2.75) is 25.0 Å². The Morgan fingerprint density at radius 1 is 0.327 bits per heavy atom. The molecule has 1 aromatic heterocycles. The van der Waals surface area contributed by atoms with Crippen molar-refractivity contribution in [2.75, 3.05) is 0 Å². The standard InChI is InChI=1S/C49H31NS2/c1-3-13-32(14-4-1)34-23-26-41-47(30-34)52-48-31-35(24-27-42(48)49(41)39-18-8-11-21-45(39)51-46-22-12-9-19-40(46)49)33-25-28-44-38(29-33)37-17-7-10-20-43(37)50(44)36-15-5-2-6-16-36/h1-31H. The molecular formula is C49H31NS2. The highest BCUT2D eigenvalue weighted by atomic mass is 32.2. The summed E-state index contributed by atoms with van der Waals surface area (Å²) in [5.74, 6) is 0. The van der Waals surface area contributed by atoms with Crippen molar-refractivity contribution in [2.24, 2.45) is 0 Å². The molecule has 11 rings (SSSR count). The van der Waals surface area contributed by atoms with Crippen molar-refractivity contribution in [1.82, 2.24) is 4.57 Å². The highest BCUT2D eigenvalue weighted by Crippen LogP contribution is 2.62. The number of hydrogen-bond acceptors (Lipinski definition) is 2. The summed E-state index contributed by atoms with van der Waals surface area (Å²) in [6, 6.07) is 69.7. The van der Waals surface area contributed by atoms with Gasteiger partial charge in [-0.2, -0.15) is 0 Å². The van der Waals surface area contributed by atoms with Gasteiger partial charge in [0.15, 0.2) is 0 Å². The molecule has 0 saturated carbocycles. The van der Waals surface area contributed by atoms with Gasteiger partial charge in [0.2, 0.25) is 0 Å². The van der Waals surface area contributed by atoms with Crippen LogP contribution in [-0.2, 0) is 5.41 Å². The van der Waals surface area contributed by atoms with Crippen LogP contribution in [0.5, 0.6) is 0 Å². The molecule has 244 valence electrons. The number of para-hydroxylation sites is 2. The lowest BCUT2D eigenvalue weighted by molar-refractivity contribution is 0.667. The van der Waals surface area contributed by atoms with Gasteiger partial charge in [0.25, 0.3) is 0 Å². The number of fused-ring (bicyclic) bond motifs is 11. The molecule has 0 radical (unpaired) electrons. The van der Waals surface area contributed by atoms with E-state index in [9.17, 15) is 0 Å². The Kier molecular flexibility index (Phi) is 6.70. The van der Waals surface area contributed by atoms with Crippen LogP contribution in [0.4, 0.5) is 0 Å². The van der Waals surface area contributed by atoms with Crippen molar-refractivity contribution in [3.05, 3.63) is 210 Å². The van der Waals surface area contributed by atoms with E-state index in [1.165, 1.54) is 91.6 Å². The maximum Gasteiger partial charge on any atom is 0.0745 e. The summed E-state index contributed by atoms with van der Waals surface area (Å²) >= 11 is 3.81. The number of aromatic nitrogens is 1. The normalized spacial score (nSPS) is 13.8. The maximum atomic E-state index is 2.45. The Balaban J connectivity index is 1.15. The van der Waals surface area contributed by atoms with Crippen molar-refractivity contribution >= 4 is 45.3 Å². The van der Waals surface area contributed by atoms with E-state index in [0.717, 1.165) is 0 Å². The summed E-state index contributed by atoms with van der Waals surface area (Å²) in [5, 5.41) is 2.54. The molecule has 0 fully saturated rings. The first kappa shape index (κ1) is 29.9. The van der Waals surface area contributed by atoms with Crippen LogP contribution in [0, 0.1) is 0 Å². The second-order valence-electron chi connectivity index (χ2n) is 13.7. The van der Waals surface area contributed by atoms with Gasteiger partial charge >= 0.3 is 0 Å². The van der Waals surface area contributed by atoms with Gasteiger partial charge in [0, 0.05) is 36.0 Å². The van der Waals surface area contributed by atoms with Crippen LogP contribution in [0.25, 0.3) is 49.7 Å². The van der Waals surface area contributed by atoms with Gasteiger partial charge in [0.05, 0.1) is 16.4 Å². The minimum atomic E-state index is -0.435. The van der Waals surface area contributed by atoms with Crippen LogP contribution >= 0.6 is 23.5 Å². The molecule has 0 N–H and O–H groups in total. The molecule has 3 heteroatoms. The summed E-state index contributed by atoms with van der Waals surface area (Å²) in [6.07, 6.45) is 0. The van der Waals surface area contributed by atoms with E-state index < -0.39 is 5.41 Å². The summed E-state index contributed by atoms with van der Waals surface area (Å²) in [7, 11) is 0. The quantitative estimate of drug-likeness (QED) is 0.181. The SMILES string of the molecule is c1ccc(-c2ccc3c(c2)Sc2cc(-c4ccc5c(c4)c4ccccc4n5-c4ccccc4)ccc2C32c3ccccc3Sc3ccccc32)cc1. The van der Waals surface area contributed by atoms with Crippen molar-refractivity contribution in [3.8, 4) is 27.9 Å². The molecule has 52 heavy (non-hydrogen) atoms. The fraction of sp³-hybridized carbons (Fsp3) is 0.0204. The monoisotopic (exact) mass is 697 g/mol. The topological polar surface area (TPSA) is 4.93 Å². The molecule has 1 spiro atoms. The average Bonchev–Trinajstić information content (AvgIpc) is 3.55. The molecule has 2 aliphatic heterocycles. The van der Waals surface area contributed by atoms with Crippen molar-refractivity contribution in [1.29, 1.82) is 0 Å². The smallest absolute Gasteiger partial charge is 0.0745 e. The second-order valence-corrected chi connectivity index (χ2v) is 15.8. The zero-order valence-corrected chi connectivity index (χ0v) is 29.8. The Bertz CT molecular complexity index is 2810. The Hall–Kier alpha value is -5.74. The first-order chi connectivity index (χ1) is 25.8. The van der Waals surface area contributed by atoms with Gasteiger partial charge in [-0.3, -0.25) is 0 Å². The molecule has 0 saturated heterocycles. The first-order valence-electron chi connectivity index (χ1n) is 17.8. The van der Waals surface area contributed by atoms with Gasteiger partial charge < -0.3 is 4.57 Å². The van der Waals surface area contributed by atoms with Crippen LogP contribution in [0.3, 0.4) is 0 Å². The molecule has 0 amide bonds. The summed E-state index contributed by atoms with van der Waals surface area (Å²) in [6.45, 7) is 0. The lowest BCUT2D eigenvalue weighted by Gasteiger charge is -2.45. The van der Waals surface area contributed by atoms with Gasteiger partial charge in [-0.15, -0.1) is 0 Å². The highest BCUT2D eigenvalue weighted by molar-refractivity contribution is 8.00. The first-order valence-corrected chi connectivity index (χ1v) is 19.4. The molecule has 8 aromatic carbocycles. The minimum Gasteiger partial charge on any atom is -0.309 e. The fourth-order valence-electron chi connectivity index (χ4n) is 8.67. The molecule has 2 aliphatic rings. The predicted octanol–water partition coefficient (Wildman–Crippen LogP) is 13.4. The largest absolute Gasteiger partial charge is 0.309 e. The van der Waals surface area contributed by atoms with E-state index in [1.54, 1.807) is 0 Å². The van der Waals surface area contributed by atoms with Crippen LogP contribution in [0.2, 0.25) is 0 Å². The molecular weight excluding hydrogens is 667 g/mol. The summed E-state index contributed by atoms with van der Waals surface area (Å²) in [5.41, 5.74) is 13.5. The van der Waals surface area contributed by atoms with E-state index in [1.807, 2.05) is 23.5 Å². The molecule has 0 aliphatic carbocycles. The van der Waals surface area contributed by atoms with Gasteiger partial charge in [-0.1, -0.05) is 157 Å². The van der Waals surface area contributed by atoms with E-state index in [2.05, 4.69) is 193 Å². The number of benzene rings is 8. The highest BCUT2D eigenvalue weighted by Gasteiger charge is 2.48. The van der Waals surface area contributed by atoms with E-state index in [-0.39, 0.29) is 0 Å². The van der Waals surface area contributed by atoms with E-state index in [4.69, 9.17) is 0 Å². The lowest BCUT2D eigenvalue weighted by atomic mass is 9.64. The van der Waals surface area contributed by atoms with Crippen LogP contribution in [0.1, 0.15) is 22.3 Å². The average molecular weight is 698 g/mol. The number of hydrogen-bond donors (Lipinski definition) is 0. The Labute approximate surface area is 311 Å². The van der Waals surface area contributed by atoms with Crippen molar-refractivity contribution < 1.29 is 0 Å². The Morgan fingerprint density at radius 3 is 1.50 bits per heavy atom. The third kappa shape index (κ3) is 4.33. The zero-order valence-electron chi connectivity index (χ0n) is 28.2. The van der Waals surface area contributed by atoms with Gasteiger partial charge in [-0.25, -0.2) is 0 Å². The molecule has 0 unspecified atom stereocenters. The predicted molar refractivity (Wildman–Crippen MR) is 218 cm³/mol. The third-order valence-electron chi connectivity index (χ3n) is 10.9. The van der Waals surface area contributed by atoms with Gasteiger partial charge in [-0.05, 0) is 99.1 Å². The molecule has 0 bridgehead atoms. The van der Waals surface area contributed by atoms with E-state index in [0.29, 0.717) is 0 Å². The Morgan fingerprint density at radius 2 is 0.808 bits per heavy atom. The molecule has 3 heterocycles. The summed E-state index contributed by atoms with van der Waals surface area (Å²) in [4.78, 5) is 5.25. The lowest BCUT2D eigenvalue weighted by Crippen LogP contribution is -2.36. The van der Waals surface area contributed by atoms with E-state index >= 15 is 0 Å². The van der Waals surface area contributed by atoms with Crippen LogP contribution in [-0.4, -0.2) is 4.57 Å². The fourth-order valence-corrected chi connectivity index (χ4v) is 11.1. The van der Waals surface area contributed by atoms with Crippen molar-refractivity contribution in [3.63, 3.8) is 0 Å². The maximum absolute atomic E-state index is 2.45.